The number of para-hydroxylation sites is 1. The van der Waals surface area contributed by atoms with Crippen molar-refractivity contribution in [1.82, 2.24) is 14.7 Å². The normalized spacial score (nSPS) is 18.7. The van der Waals surface area contributed by atoms with Crippen LogP contribution in [0.1, 0.15) is 10.5 Å². The van der Waals surface area contributed by atoms with E-state index in [0.717, 1.165) is 5.69 Å². The molecule has 1 amide bonds. The molecule has 3 rings (SSSR count). The lowest BCUT2D eigenvalue weighted by atomic mass is 10.2. The molecule has 1 fully saturated rings. The molecule has 110 valence electrons. The van der Waals surface area contributed by atoms with Crippen LogP contribution in [0.25, 0.3) is 5.69 Å². The van der Waals surface area contributed by atoms with Crippen molar-refractivity contribution in [2.24, 2.45) is 0 Å². The van der Waals surface area contributed by atoms with Crippen molar-refractivity contribution in [1.29, 1.82) is 0 Å². The third kappa shape index (κ3) is 2.96. The fourth-order valence-corrected chi connectivity index (χ4v) is 2.34. The topological polar surface area (TPSA) is 67.6 Å². The van der Waals surface area contributed by atoms with Gasteiger partial charge in [0.1, 0.15) is 0 Å². The van der Waals surface area contributed by atoms with E-state index in [0.29, 0.717) is 25.4 Å². The fraction of sp³-hybridized carbons (Fsp3) is 0.333. The van der Waals surface area contributed by atoms with Crippen molar-refractivity contribution >= 4 is 5.91 Å². The first-order chi connectivity index (χ1) is 10.3. The molecule has 1 atom stereocenters. The zero-order valence-corrected chi connectivity index (χ0v) is 11.6. The molecule has 0 saturated carbocycles. The third-order valence-electron chi connectivity index (χ3n) is 3.46. The molecule has 6 heteroatoms. The van der Waals surface area contributed by atoms with E-state index in [1.807, 2.05) is 30.3 Å². The molecule has 1 aliphatic rings. The summed E-state index contributed by atoms with van der Waals surface area (Å²) in [5.74, 6) is -0.133. The van der Waals surface area contributed by atoms with E-state index in [1.165, 1.54) is 0 Å². The van der Waals surface area contributed by atoms with E-state index in [1.54, 1.807) is 21.8 Å². The largest absolute Gasteiger partial charge is 0.394 e. The van der Waals surface area contributed by atoms with Crippen LogP contribution in [-0.2, 0) is 4.74 Å². The zero-order chi connectivity index (χ0) is 14.7. The first-order valence-electron chi connectivity index (χ1n) is 6.91. The van der Waals surface area contributed by atoms with E-state index in [9.17, 15) is 4.79 Å². The van der Waals surface area contributed by atoms with Gasteiger partial charge in [-0.2, -0.15) is 5.10 Å². The molecule has 0 spiro atoms. The number of hydrogen-bond acceptors (Lipinski definition) is 4. The molecule has 1 aliphatic heterocycles. The van der Waals surface area contributed by atoms with Gasteiger partial charge in [-0.15, -0.1) is 0 Å². The summed E-state index contributed by atoms with van der Waals surface area (Å²) in [5.41, 5.74) is 1.31. The number of carbonyl (C=O) groups is 1. The van der Waals surface area contributed by atoms with Gasteiger partial charge in [0.15, 0.2) is 5.69 Å². The van der Waals surface area contributed by atoms with Crippen LogP contribution in [0.3, 0.4) is 0 Å². The summed E-state index contributed by atoms with van der Waals surface area (Å²) in [4.78, 5) is 14.1. The van der Waals surface area contributed by atoms with E-state index >= 15 is 0 Å². The average Bonchev–Trinajstić information content (AvgIpc) is 3.05. The number of carbonyl (C=O) groups excluding carboxylic acids is 1. The van der Waals surface area contributed by atoms with E-state index in [2.05, 4.69) is 5.10 Å². The molecule has 1 N–H and O–H groups in total. The Labute approximate surface area is 122 Å². The quantitative estimate of drug-likeness (QED) is 0.902. The Hall–Kier alpha value is -2.18. The third-order valence-corrected chi connectivity index (χ3v) is 3.46. The maximum Gasteiger partial charge on any atom is 0.274 e. The Morgan fingerprint density at radius 3 is 2.90 bits per heavy atom. The molecule has 2 heterocycles. The van der Waals surface area contributed by atoms with Crippen molar-refractivity contribution in [3.63, 3.8) is 0 Å². The number of ether oxygens (including phenoxy) is 1. The van der Waals surface area contributed by atoms with Crippen LogP contribution in [0.5, 0.6) is 0 Å². The minimum absolute atomic E-state index is 0.0811. The standard InChI is InChI=1S/C15H17N3O3/c19-11-13-10-17(8-9-21-13)15(20)14-6-7-18(16-14)12-4-2-1-3-5-12/h1-7,13,19H,8-11H2. The van der Waals surface area contributed by atoms with Gasteiger partial charge in [-0.1, -0.05) is 18.2 Å². The predicted molar refractivity (Wildman–Crippen MR) is 76.3 cm³/mol. The Morgan fingerprint density at radius 2 is 2.14 bits per heavy atom. The van der Waals surface area contributed by atoms with Gasteiger partial charge in [0.2, 0.25) is 0 Å². The lowest BCUT2D eigenvalue weighted by Crippen LogP contribution is -2.47. The number of aliphatic hydroxyl groups excluding tert-OH is 1. The monoisotopic (exact) mass is 287 g/mol. The minimum atomic E-state index is -0.307. The number of aliphatic hydroxyl groups is 1. The predicted octanol–water partition coefficient (Wildman–Crippen LogP) is 0.706. The van der Waals surface area contributed by atoms with E-state index in [4.69, 9.17) is 9.84 Å². The summed E-state index contributed by atoms with van der Waals surface area (Å²) in [7, 11) is 0. The van der Waals surface area contributed by atoms with Gasteiger partial charge in [0.25, 0.3) is 5.91 Å². The molecule has 2 aromatic rings. The van der Waals surface area contributed by atoms with Gasteiger partial charge < -0.3 is 14.7 Å². The molecule has 21 heavy (non-hydrogen) atoms. The number of hydrogen-bond donors (Lipinski definition) is 1. The summed E-state index contributed by atoms with van der Waals surface area (Å²) < 4.78 is 7.03. The number of rotatable bonds is 3. The van der Waals surface area contributed by atoms with Crippen molar-refractivity contribution in [3.8, 4) is 5.69 Å². The second-order valence-corrected chi connectivity index (χ2v) is 4.91. The SMILES string of the molecule is O=C(c1ccn(-c2ccccc2)n1)N1CCOC(CO)C1. The summed E-state index contributed by atoms with van der Waals surface area (Å²) in [6.45, 7) is 1.28. The van der Waals surface area contributed by atoms with E-state index in [-0.39, 0.29) is 18.6 Å². The maximum atomic E-state index is 12.4. The molecule has 1 aromatic heterocycles. The lowest BCUT2D eigenvalue weighted by Gasteiger charge is -2.31. The summed E-state index contributed by atoms with van der Waals surface area (Å²) >= 11 is 0. The average molecular weight is 287 g/mol. The lowest BCUT2D eigenvalue weighted by molar-refractivity contribution is -0.0448. The van der Waals surface area contributed by atoms with Crippen LogP contribution in [0.15, 0.2) is 42.6 Å². The number of morpholine rings is 1. The van der Waals surface area contributed by atoms with Gasteiger partial charge in [-0.25, -0.2) is 4.68 Å². The molecule has 0 radical (unpaired) electrons. The fourth-order valence-electron chi connectivity index (χ4n) is 2.34. The first kappa shape index (κ1) is 13.8. The van der Waals surface area contributed by atoms with E-state index < -0.39 is 0 Å². The number of benzene rings is 1. The van der Waals surface area contributed by atoms with Crippen molar-refractivity contribution in [3.05, 3.63) is 48.3 Å². The van der Waals surface area contributed by atoms with Gasteiger partial charge in [0, 0.05) is 19.3 Å². The van der Waals surface area contributed by atoms with Crippen LogP contribution in [0, 0.1) is 0 Å². The Morgan fingerprint density at radius 1 is 1.33 bits per heavy atom. The van der Waals surface area contributed by atoms with Crippen molar-refractivity contribution in [2.75, 3.05) is 26.3 Å². The summed E-state index contributed by atoms with van der Waals surface area (Å²) in [6, 6.07) is 11.3. The summed E-state index contributed by atoms with van der Waals surface area (Å²) in [5, 5.41) is 13.5. The highest BCUT2D eigenvalue weighted by molar-refractivity contribution is 5.92. The smallest absolute Gasteiger partial charge is 0.274 e. The van der Waals surface area contributed by atoms with Crippen LogP contribution in [0.2, 0.25) is 0 Å². The second kappa shape index (κ2) is 6.07. The Bertz CT molecular complexity index is 612. The molecular weight excluding hydrogens is 270 g/mol. The first-order valence-corrected chi connectivity index (χ1v) is 6.91. The summed E-state index contributed by atoms with van der Waals surface area (Å²) in [6.07, 6.45) is 1.46. The van der Waals surface area contributed by atoms with Crippen LogP contribution in [-0.4, -0.2) is 58.1 Å². The minimum Gasteiger partial charge on any atom is -0.394 e. The highest BCUT2D eigenvalue weighted by atomic mass is 16.5. The second-order valence-electron chi connectivity index (χ2n) is 4.91. The van der Waals surface area contributed by atoms with Crippen molar-refractivity contribution < 1.29 is 14.6 Å². The van der Waals surface area contributed by atoms with Crippen LogP contribution in [0.4, 0.5) is 0 Å². The van der Waals surface area contributed by atoms with Crippen molar-refractivity contribution in [2.45, 2.75) is 6.10 Å². The highest BCUT2D eigenvalue weighted by Gasteiger charge is 2.25. The Balaban J connectivity index is 1.75. The molecule has 0 aliphatic carbocycles. The van der Waals surface area contributed by atoms with Gasteiger partial charge in [-0.3, -0.25) is 4.79 Å². The molecule has 6 nitrogen and oxygen atoms in total. The van der Waals surface area contributed by atoms with Gasteiger partial charge in [0.05, 0.1) is 25.0 Å². The molecule has 1 saturated heterocycles. The van der Waals surface area contributed by atoms with Crippen LogP contribution >= 0.6 is 0 Å². The molecule has 1 unspecified atom stereocenters. The maximum absolute atomic E-state index is 12.4. The molecular formula is C15H17N3O3. The number of nitrogens with zero attached hydrogens (tertiary/aromatic N) is 3. The highest BCUT2D eigenvalue weighted by Crippen LogP contribution is 2.11. The molecule has 1 aromatic carbocycles. The number of aromatic nitrogens is 2. The number of amides is 1. The zero-order valence-electron chi connectivity index (χ0n) is 11.6. The van der Waals surface area contributed by atoms with Gasteiger partial charge >= 0.3 is 0 Å². The van der Waals surface area contributed by atoms with Gasteiger partial charge in [-0.05, 0) is 18.2 Å². The Kier molecular flexibility index (Phi) is 3.98. The van der Waals surface area contributed by atoms with Crippen LogP contribution < -0.4 is 0 Å². The molecule has 0 bridgehead atoms.